The van der Waals surface area contributed by atoms with Crippen LogP contribution in [0.2, 0.25) is 0 Å². The van der Waals surface area contributed by atoms with Gasteiger partial charge in [0.1, 0.15) is 5.69 Å². The molecule has 0 saturated carbocycles. The second-order valence-corrected chi connectivity index (χ2v) is 5.07. The van der Waals surface area contributed by atoms with Crippen molar-refractivity contribution in [3.05, 3.63) is 22.4 Å². The van der Waals surface area contributed by atoms with Crippen molar-refractivity contribution < 1.29 is 18.0 Å². The van der Waals surface area contributed by atoms with E-state index in [-0.39, 0.29) is 18.9 Å². The van der Waals surface area contributed by atoms with Crippen LogP contribution in [0.4, 0.5) is 13.2 Å². The number of hydrogen-bond donors (Lipinski definition) is 1. The molecular weight excluding hydrogens is 325 g/mol. The summed E-state index contributed by atoms with van der Waals surface area (Å²) >= 11 is 3.28. The summed E-state index contributed by atoms with van der Waals surface area (Å²) in [5, 5.41) is 2.63. The average molecular weight is 341 g/mol. The summed E-state index contributed by atoms with van der Waals surface area (Å²) in [7, 11) is 0. The molecule has 0 aliphatic rings. The Bertz CT molecular complexity index is 429. The van der Waals surface area contributed by atoms with Crippen molar-refractivity contribution in [2.75, 3.05) is 6.54 Å². The molecule has 0 radical (unpaired) electrons. The van der Waals surface area contributed by atoms with Gasteiger partial charge in [-0.15, -0.1) is 0 Å². The molecule has 3 nitrogen and oxygen atoms in total. The van der Waals surface area contributed by atoms with Gasteiger partial charge in [-0.2, -0.15) is 13.2 Å². The molecule has 1 heterocycles. The van der Waals surface area contributed by atoms with Crippen LogP contribution in [0.15, 0.2) is 16.7 Å². The van der Waals surface area contributed by atoms with E-state index in [0.717, 1.165) is 4.47 Å². The van der Waals surface area contributed by atoms with Gasteiger partial charge in [0.05, 0.1) is 0 Å². The highest BCUT2D eigenvalue weighted by molar-refractivity contribution is 9.10. The van der Waals surface area contributed by atoms with E-state index in [0.29, 0.717) is 18.7 Å². The Morgan fingerprint density at radius 2 is 2.11 bits per heavy atom. The molecular formula is C12H16BrF3N2O. The van der Waals surface area contributed by atoms with Crippen LogP contribution >= 0.6 is 15.9 Å². The van der Waals surface area contributed by atoms with E-state index in [1.807, 2.05) is 6.92 Å². The first-order chi connectivity index (χ1) is 8.83. The molecule has 1 N–H and O–H groups in total. The smallest absolute Gasteiger partial charge is 0.351 e. The van der Waals surface area contributed by atoms with Gasteiger partial charge in [0.25, 0.3) is 5.91 Å². The maximum atomic E-state index is 11.9. The Kier molecular flexibility index (Phi) is 5.90. The molecule has 0 aliphatic heterocycles. The second-order valence-electron chi connectivity index (χ2n) is 4.16. The number of aromatic nitrogens is 1. The van der Waals surface area contributed by atoms with E-state index < -0.39 is 12.6 Å². The molecule has 0 bridgehead atoms. The maximum Gasteiger partial charge on any atom is 0.389 e. The monoisotopic (exact) mass is 340 g/mol. The number of aryl methyl sites for hydroxylation is 1. The Balaban J connectivity index is 2.35. The normalized spacial score (nSPS) is 11.6. The summed E-state index contributed by atoms with van der Waals surface area (Å²) in [5.74, 6) is -0.264. The molecule has 1 aromatic heterocycles. The van der Waals surface area contributed by atoms with Crippen molar-refractivity contribution in [1.29, 1.82) is 0 Å². The highest BCUT2D eigenvalue weighted by Gasteiger charge is 2.25. The first-order valence-electron chi connectivity index (χ1n) is 6.04. The van der Waals surface area contributed by atoms with E-state index in [1.165, 1.54) is 0 Å². The maximum absolute atomic E-state index is 11.9. The summed E-state index contributed by atoms with van der Waals surface area (Å²) in [4.78, 5) is 11.8. The van der Waals surface area contributed by atoms with E-state index in [9.17, 15) is 18.0 Å². The van der Waals surface area contributed by atoms with Crippen molar-refractivity contribution in [2.24, 2.45) is 0 Å². The average Bonchev–Trinajstić information content (AvgIpc) is 2.68. The molecule has 0 saturated heterocycles. The number of nitrogens with one attached hydrogen (secondary N) is 1. The first kappa shape index (κ1) is 16.1. The quantitative estimate of drug-likeness (QED) is 0.786. The molecule has 108 valence electrons. The summed E-state index contributed by atoms with van der Waals surface area (Å²) < 4.78 is 38.3. The molecule has 19 heavy (non-hydrogen) atoms. The minimum absolute atomic E-state index is 0.0300. The zero-order valence-electron chi connectivity index (χ0n) is 10.6. The molecule has 0 aromatic carbocycles. The van der Waals surface area contributed by atoms with E-state index in [4.69, 9.17) is 0 Å². The van der Waals surface area contributed by atoms with Gasteiger partial charge in [0.2, 0.25) is 0 Å². The zero-order chi connectivity index (χ0) is 14.5. The lowest BCUT2D eigenvalue weighted by Gasteiger charge is -2.08. The van der Waals surface area contributed by atoms with Gasteiger partial charge < -0.3 is 9.88 Å². The van der Waals surface area contributed by atoms with Crippen molar-refractivity contribution in [3.63, 3.8) is 0 Å². The lowest BCUT2D eigenvalue weighted by molar-refractivity contribution is -0.135. The molecule has 1 rings (SSSR count). The van der Waals surface area contributed by atoms with Gasteiger partial charge in [-0.3, -0.25) is 4.79 Å². The predicted molar refractivity (Wildman–Crippen MR) is 70.0 cm³/mol. The van der Waals surface area contributed by atoms with Gasteiger partial charge in [-0.1, -0.05) is 0 Å². The molecule has 0 fully saturated rings. The van der Waals surface area contributed by atoms with Crippen LogP contribution in [0.25, 0.3) is 0 Å². The number of nitrogens with zero attached hydrogens (tertiary/aromatic N) is 1. The minimum atomic E-state index is -4.12. The van der Waals surface area contributed by atoms with E-state index >= 15 is 0 Å². The largest absolute Gasteiger partial charge is 0.389 e. The van der Waals surface area contributed by atoms with Crippen LogP contribution in [0.1, 0.15) is 36.7 Å². The lowest BCUT2D eigenvalue weighted by Crippen LogP contribution is -2.26. The molecule has 0 atom stereocenters. The number of carbonyl (C=O) groups excluding carboxylic acids is 1. The van der Waals surface area contributed by atoms with Crippen molar-refractivity contribution in [2.45, 2.75) is 38.9 Å². The first-order valence-corrected chi connectivity index (χ1v) is 6.83. The SMILES string of the molecule is CCn1cc(Br)cc1C(=O)NCCCCC(F)(F)F. The number of amides is 1. The highest BCUT2D eigenvalue weighted by atomic mass is 79.9. The Labute approximate surface area is 118 Å². The fourth-order valence-corrected chi connectivity index (χ4v) is 2.13. The molecule has 0 unspecified atom stereocenters. The highest BCUT2D eigenvalue weighted by Crippen LogP contribution is 2.21. The zero-order valence-corrected chi connectivity index (χ0v) is 12.1. The fourth-order valence-electron chi connectivity index (χ4n) is 1.67. The van der Waals surface area contributed by atoms with Crippen LogP contribution in [-0.2, 0) is 6.54 Å². The van der Waals surface area contributed by atoms with Gasteiger partial charge >= 0.3 is 6.18 Å². The van der Waals surface area contributed by atoms with Crippen LogP contribution in [0.3, 0.4) is 0 Å². The predicted octanol–water partition coefficient (Wildman–Crippen LogP) is 3.73. The second kappa shape index (κ2) is 6.98. The third kappa shape index (κ3) is 5.67. The third-order valence-electron chi connectivity index (χ3n) is 2.61. The lowest BCUT2D eigenvalue weighted by atomic mass is 10.2. The van der Waals surface area contributed by atoms with E-state index in [1.54, 1.807) is 16.8 Å². The van der Waals surface area contributed by atoms with Crippen molar-refractivity contribution in [3.8, 4) is 0 Å². The van der Waals surface area contributed by atoms with Crippen LogP contribution < -0.4 is 5.32 Å². The minimum Gasteiger partial charge on any atom is -0.351 e. The number of halogens is 4. The molecule has 1 aromatic rings. The third-order valence-corrected chi connectivity index (χ3v) is 3.04. The van der Waals surface area contributed by atoms with Crippen molar-refractivity contribution >= 4 is 21.8 Å². The van der Waals surface area contributed by atoms with Gasteiger partial charge in [-0.05, 0) is 41.8 Å². The van der Waals surface area contributed by atoms with Crippen LogP contribution in [0, 0.1) is 0 Å². The van der Waals surface area contributed by atoms with E-state index in [2.05, 4.69) is 21.2 Å². The number of carbonyl (C=O) groups is 1. The summed E-state index contributed by atoms with van der Waals surface area (Å²) in [5.41, 5.74) is 0.505. The van der Waals surface area contributed by atoms with Gasteiger partial charge in [-0.25, -0.2) is 0 Å². The van der Waals surface area contributed by atoms with Gasteiger partial charge in [0, 0.05) is 30.2 Å². The topological polar surface area (TPSA) is 34.0 Å². The standard InChI is InChI=1S/C12H16BrF3N2O/c1-2-18-8-9(13)7-10(18)11(19)17-6-4-3-5-12(14,15)16/h7-8H,2-6H2,1H3,(H,17,19). The summed E-state index contributed by atoms with van der Waals surface area (Å²) in [6.45, 7) is 2.82. The number of hydrogen-bond acceptors (Lipinski definition) is 1. The summed E-state index contributed by atoms with van der Waals surface area (Å²) in [6.07, 6.45) is -2.79. The molecule has 1 amide bonds. The molecule has 7 heteroatoms. The van der Waals surface area contributed by atoms with Crippen LogP contribution in [0.5, 0.6) is 0 Å². The number of alkyl halides is 3. The molecule has 0 aliphatic carbocycles. The van der Waals surface area contributed by atoms with Crippen molar-refractivity contribution in [1.82, 2.24) is 9.88 Å². The summed E-state index contributed by atoms with van der Waals surface area (Å²) in [6, 6.07) is 1.69. The van der Waals surface area contributed by atoms with Crippen LogP contribution in [-0.4, -0.2) is 23.2 Å². The molecule has 0 spiro atoms. The Hall–Kier alpha value is -0.980. The number of rotatable bonds is 6. The Morgan fingerprint density at radius 1 is 1.42 bits per heavy atom. The fraction of sp³-hybridized carbons (Fsp3) is 0.583. The Morgan fingerprint density at radius 3 is 2.68 bits per heavy atom. The van der Waals surface area contributed by atoms with Gasteiger partial charge in [0.15, 0.2) is 0 Å². The number of unbranched alkanes of at least 4 members (excludes halogenated alkanes) is 1.